The lowest BCUT2D eigenvalue weighted by molar-refractivity contribution is 0.354. The Kier molecular flexibility index (Phi) is 7.94. The molecule has 0 aliphatic carbocycles. The van der Waals surface area contributed by atoms with Gasteiger partial charge in [0.05, 0.1) is 17.8 Å². The van der Waals surface area contributed by atoms with E-state index >= 15 is 0 Å². The number of piperazine rings is 1. The SMILES string of the molecule is COc1ccccc1CN(CCS(=O)(=O)N1CCNCC1)S(=O)(=O)c1ccc(C)cc1C. The summed E-state index contributed by atoms with van der Waals surface area (Å²) in [6.45, 7) is 5.46. The van der Waals surface area contributed by atoms with Gasteiger partial charge in [-0.15, -0.1) is 0 Å². The van der Waals surface area contributed by atoms with Crippen molar-refractivity contribution >= 4 is 20.0 Å². The quantitative estimate of drug-likeness (QED) is 0.586. The van der Waals surface area contributed by atoms with Crippen LogP contribution < -0.4 is 10.1 Å². The number of ether oxygens (including phenoxy) is 1. The van der Waals surface area contributed by atoms with E-state index in [4.69, 9.17) is 4.74 Å². The maximum atomic E-state index is 13.6. The standard InChI is InChI=1S/C22H31N3O5S2/c1-18-8-9-22(19(2)16-18)32(28,29)25(17-20-6-4-5-7-21(20)30-3)14-15-31(26,27)24-12-10-23-11-13-24/h4-9,16,23H,10-15,17H2,1-3H3. The molecule has 0 aromatic heterocycles. The van der Waals surface area contributed by atoms with Crippen molar-refractivity contribution in [2.75, 3.05) is 45.6 Å². The Morgan fingerprint density at radius 1 is 1.03 bits per heavy atom. The van der Waals surface area contributed by atoms with Crippen LogP contribution in [0.25, 0.3) is 0 Å². The van der Waals surface area contributed by atoms with E-state index in [0.29, 0.717) is 43.1 Å². The van der Waals surface area contributed by atoms with Crippen LogP contribution in [0.4, 0.5) is 0 Å². The molecule has 0 saturated carbocycles. The van der Waals surface area contributed by atoms with E-state index in [1.165, 1.54) is 15.7 Å². The third-order valence-corrected chi connectivity index (χ3v) is 9.41. The zero-order valence-electron chi connectivity index (χ0n) is 18.7. The summed E-state index contributed by atoms with van der Waals surface area (Å²) in [6, 6.07) is 12.3. The van der Waals surface area contributed by atoms with E-state index in [-0.39, 0.29) is 23.7 Å². The van der Waals surface area contributed by atoms with Gasteiger partial charge < -0.3 is 10.1 Å². The summed E-state index contributed by atoms with van der Waals surface area (Å²) in [5.41, 5.74) is 2.25. The van der Waals surface area contributed by atoms with Gasteiger partial charge in [-0.3, -0.25) is 0 Å². The maximum Gasteiger partial charge on any atom is 0.243 e. The number of para-hydroxylation sites is 1. The first-order chi connectivity index (χ1) is 15.1. The maximum absolute atomic E-state index is 13.6. The molecule has 1 heterocycles. The van der Waals surface area contributed by atoms with Crippen molar-refractivity contribution in [3.8, 4) is 5.75 Å². The fourth-order valence-electron chi connectivity index (χ4n) is 3.80. The van der Waals surface area contributed by atoms with Gasteiger partial charge in [0.2, 0.25) is 20.0 Å². The Balaban J connectivity index is 1.93. The zero-order chi connectivity index (χ0) is 23.4. The second-order valence-corrected chi connectivity index (χ2v) is 11.9. The normalized spacial score (nSPS) is 15.8. The lowest BCUT2D eigenvalue weighted by Crippen LogP contribution is -2.48. The molecule has 0 unspecified atom stereocenters. The summed E-state index contributed by atoms with van der Waals surface area (Å²) in [5, 5.41) is 3.13. The molecule has 1 saturated heterocycles. The molecule has 0 spiro atoms. The highest BCUT2D eigenvalue weighted by molar-refractivity contribution is 7.90. The summed E-state index contributed by atoms with van der Waals surface area (Å²) in [4.78, 5) is 0.178. The highest BCUT2D eigenvalue weighted by atomic mass is 32.2. The molecule has 10 heteroatoms. The molecule has 3 rings (SSSR count). The average Bonchev–Trinajstić information content (AvgIpc) is 2.77. The monoisotopic (exact) mass is 481 g/mol. The second kappa shape index (κ2) is 10.3. The van der Waals surface area contributed by atoms with Crippen LogP contribution in [0.1, 0.15) is 16.7 Å². The van der Waals surface area contributed by atoms with Crippen molar-refractivity contribution in [3.63, 3.8) is 0 Å². The lowest BCUT2D eigenvalue weighted by Gasteiger charge is -2.28. The zero-order valence-corrected chi connectivity index (χ0v) is 20.4. The van der Waals surface area contributed by atoms with E-state index in [1.54, 1.807) is 43.3 Å². The number of benzene rings is 2. The molecule has 1 aliphatic rings. The first-order valence-corrected chi connectivity index (χ1v) is 13.6. The summed E-state index contributed by atoms with van der Waals surface area (Å²) >= 11 is 0. The van der Waals surface area contributed by atoms with Gasteiger partial charge in [-0.2, -0.15) is 8.61 Å². The van der Waals surface area contributed by atoms with Gasteiger partial charge in [0, 0.05) is 44.8 Å². The van der Waals surface area contributed by atoms with E-state index in [1.807, 2.05) is 13.0 Å². The minimum atomic E-state index is -3.94. The summed E-state index contributed by atoms with van der Waals surface area (Å²) in [5.74, 6) is 0.269. The fourth-order valence-corrected chi connectivity index (χ4v) is 6.99. The molecule has 1 N–H and O–H groups in total. The topological polar surface area (TPSA) is 96.0 Å². The van der Waals surface area contributed by atoms with Crippen LogP contribution in [0.3, 0.4) is 0 Å². The number of sulfonamides is 2. The molecule has 0 radical (unpaired) electrons. The van der Waals surface area contributed by atoms with E-state index < -0.39 is 20.0 Å². The van der Waals surface area contributed by atoms with Crippen LogP contribution in [0.5, 0.6) is 5.75 Å². The number of hydrogen-bond donors (Lipinski definition) is 1. The van der Waals surface area contributed by atoms with Gasteiger partial charge >= 0.3 is 0 Å². The number of nitrogens with zero attached hydrogens (tertiary/aromatic N) is 2. The third-order valence-electron chi connectivity index (χ3n) is 5.56. The predicted octanol–water partition coefficient (Wildman–Crippen LogP) is 1.74. The van der Waals surface area contributed by atoms with Crippen LogP contribution in [0, 0.1) is 13.8 Å². The Morgan fingerprint density at radius 2 is 1.72 bits per heavy atom. The van der Waals surface area contributed by atoms with Crippen LogP contribution in [0.2, 0.25) is 0 Å². The van der Waals surface area contributed by atoms with Gasteiger partial charge in [0.25, 0.3) is 0 Å². The van der Waals surface area contributed by atoms with Gasteiger partial charge in [-0.05, 0) is 31.5 Å². The first-order valence-electron chi connectivity index (χ1n) is 10.5. The van der Waals surface area contributed by atoms with E-state index in [2.05, 4.69) is 5.32 Å². The molecular formula is C22H31N3O5S2. The van der Waals surface area contributed by atoms with Crippen LogP contribution in [-0.2, 0) is 26.6 Å². The predicted molar refractivity (Wildman–Crippen MR) is 125 cm³/mol. The van der Waals surface area contributed by atoms with Crippen LogP contribution in [-0.4, -0.2) is 71.0 Å². The van der Waals surface area contributed by atoms with Crippen molar-refractivity contribution in [1.29, 1.82) is 0 Å². The molecule has 8 nitrogen and oxygen atoms in total. The highest BCUT2D eigenvalue weighted by Crippen LogP contribution is 2.26. The Bertz CT molecular complexity index is 1140. The Hall–Kier alpha value is -1.98. The molecule has 32 heavy (non-hydrogen) atoms. The molecule has 176 valence electrons. The number of aryl methyl sites for hydroxylation is 2. The molecule has 2 aromatic carbocycles. The molecule has 1 fully saturated rings. The molecule has 2 aromatic rings. The molecule has 1 aliphatic heterocycles. The Morgan fingerprint density at radius 3 is 2.38 bits per heavy atom. The van der Waals surface area contributed by atoms with Crippen LogP contribution in [0.15, 0.2) is 47.4 Å². The number of rotatable bonds is 9. The van der Waals surface area contributed by atoms with Gasteiger partial charge in [0.1, 0.15) is 5.75 Å². The van der Waals surface area contributed by atoms with Crippen molar-refractivity contribution in [1.82, 2.24) is 13.9 Å². The van der Waals surface area contributed by atoms with Gasteiger partial charge in [-0.25, -0.2) is 16.8 Å². The highest BCUT2D eigenvalue weighted by Gasteiger charge is 2.31. The van der Waals surface area contributed by atoms with Gasteiger partial charge in [-0.1, -0.05) is 35.9 Å². The molecule has 0 amide bonds. The van der Waals surface area contributed by atoms with Gasteiger partial charge in [0.15, 0.2) is 0 Å². The van der Waals surface area contributed by atoms with Crippen molar-refractivity contribution in [3.05, 3.63) is 59.2 Å². The van der Waals surface area contributed by atoms with E-state index in [0.717, 1.165) is 5.56 Å². The number of hydrogen-bond acceptors (Lipinski definition) is 6. The summed E-state index contributed by atoms with van der Waals surface area (Å²) < 4.78 is 61.1. The largest absolute Gasteiger partial charge is 0.496 e. The van der Waals surface area contributed by atoms with Crippen molar-refractivity contribution < 1.29 is 21.6 Å². The molecular weight excluding hydrogens is 450 g/mol. The molecule has 0 atom stereocenters. The minimum Gasteiger partial charge on any atom is -0.496 e. The molecule has 0 bridgehead atoms. The fraction of sp³-hybridized carbons (Fsp3) is 0.455. The first kappa shape index (κ1) is 24.7. The van der Waals surface area contributed by atoms with E-state index in [9.17, 15) is 16.8 Å². The minimum absolute atomic E-state index is 0.0107. The third kappa shape index (κ3) is 5.68. The smallest absolute Gasteiger partial charge is 0.243 e. The number of methoxy groups -OCH3 is 1. The van der Waals surface area contributed by atoms with Crippen molar-refractivity contribution in [2.24, 2.45) is 0 Å². The second-order valence-electron chi connectivity index (χ2n) is 7.88. The lowest BCUT2D eigenvalue weighted by atomic mass is 10.2. The average molecular weight is 482 g/mol. The Labute approximate surface area is 191 Å². The summed E-state index contributed by atoms with van der Waals surface area (Å²) in [7, 11) is -6.01. The van der Waals surface area contributed by atoms with Crippen LogP contribution >= 0.6 is 0 Å². The number of nitrogens with one attached hydrogen (secondary N) is 1. The summed E-state index contributed by atoms with van der Waals surface area (Å²) in [6.07, 6.45) is 0. The van der Waals surface area contributed by atoms with Crippen molar-refractivity contribution in [2.45, 2.75) is 25.3 Å².